The second kappa shape index (κ2) is 8.28. The van der Waals surface area contributed by atoms with Gasteiger partial charge in [0.15, 0.2) is 0 Å². The fourth-order valence-electron chi connectivity index (χ4n) is 5.74. The van der Waals surface area contributed by atoms with Gasteiger partial charge in [-0.25, -0.2) is 4.68 Å². The minimum atomic E-state index is -0.790. The van der Waals surface area contributed by atoms with Gasteiger partial charge in [0.1, 0.15) is 18.2 Å². The Labute approximate surface area is 195 Å². The highest BCUT2D eigenvalue weighted by Crippen LogP contribution is 2.66. The molecule has 33 heavy (non-hydrogen) atoms. The first-order valence-corrected chi connectivity index (χ1v) is 12.1. The zero-order valence-electron chi connectivity index (χ0n) is 18.5. The van der Waals surface area contributed by atoms with Crippen molar-refractivity contribution >= 4 is 40.6 Å². The van der Waals surface area contributed by atoms with Gasteiger partial charge >= 0.3 is 5.97 Å². The molecule has 1 aromatic carbocycles. The average Bonchev–Trinajstić information content (AvgIpc) is 3.56. The third-order valence-electron chi connectivity index (χ3n) is 7.11. The summed E-state index contributed by atoms with van der Waals surface area (Å²) in [5.41, 5.74) is 1.51. The molecule has 6 atom stereocenters. The van der Waals surface area contributed by atoms with Gasteiger partial charge in [0.05, 0.1) is 41.4 Å². The van der Waals surface area contributed by atoms with Crippen molar-refractivity contribution in [1.82, 2.24) is 25.2 Å². The summed E-state index contributed by atoms with van der Waals surface area (Å²) in [5, 5.41) is 21.0. The predicted octanol–water partition coefficient (Wildman–Crippen LogP) is 0.540. The number of nitrogens with one attached hydrogen (secondary N) is 1. The Kier molecular flexibility index (Phi) is 5.56. The molecule has 3 saturated heterocycles. The summed E-state index contributed by atoms with van der Waals surface area (Å²) >= 11 is 1.57. The fraction of sp³-hybridized carbons (Fsp3) is 0.591. The molecule has 0 saturated carbocycles. The maximum absolute atomic E-state index is 13.6. The molecule has 0 aliphatic carbocycles. The summed E-state index contributed by atoms with van der Waals surface area (Å²) < 4.78 is 6.18. The number of carbonyl (C=O) groups is 3. The van der Waals surface area contributed by atoms with Gasteiger partial charge in [0.2, 0.25) is 11.8 Å². The number of fused-ring (bicyclic) bond motifs is 2. The van der Waals surface area contributed by atoms with Crippen molar-refractivity contribution in [3.8, 4) is 0 Å². The first-order chi connectivity index (χ1) is 15.9. The van der Waals surface area contributed by atoms with Crippen LogP contribution in [0.5, 0.6) is 0 Å². The number of amides is 2. The maximum Gasteiger partial charge on any atom is 0.310 e. The standard InChI is InChI=1S/C22H27N5O5S/c1-3-32-21(31)16-15-8-9-22(33-15)17(16)20(30)27(12(2)10-28)18(22)19(29)23-11-26-14-7-5-4-6-13(14)24-25-26/h4-7,12,15-18,28H,3,8-11H2,1-2H3,(H,23,29)/t12-,15-,16+,17+,18?,22?/m1/s1. The highest BCUT2D eigenvalue weighted by Gasteiger charge is 2.74. The van der Waals surface area contributed by atoms with Crippen molar-refractivity contribution in [3.05, 3.63) is 24.3 Å². The van der Waals surface area contributed by atoms with Crippen LogP contribution in [0, 0.1) is 11.8 Å². The van der Waals surface area contributed by atoms with Crippen molar-refractivity contribution in [3.63, 3.8) is 0 Å². The van der Waals surface area contributed by atoms with E-state index in [9.17, 15) is 19.5 Å². The summed E-state index contributed by atoms with van der Waals surface area (Å²) in [6.07, 6.45) is 1.41. The number of esters is 1. The Bertz CT molecular complexity index is 1110. The van der Waals surface area contributed by atoms with E-state index in [0.717, 1.165) is 17.5 Å². The van der Waals surface area contributed by atoms with E-state index in [4.69, 9.17) is 4.74 Å². The number of aliphatic hydroxyl groups excluding tert-OH is 1. The molecule has 3 fully saturated rings. The number of ether oxygens (including phenoxy) is 1. The summed E-state index contributed by atoms with van der Waals surface area (Å²) in [6.45, 7) is 3.53. The van der Waals surface area contributed by atoms with Gasteiger partial charge in [-0.15, -0.1) is 16.9 Å². The maximum atomic E-state index is 13.6. The largest absolute Gasteiger partial charge is 0.466 e. The van der Waals surface area contributed by atoms with Crippen LogP contribution < -0.4 is 5.32 Å². The van der Waals surface area contributed by atoms with Crippen LogP contribution in [0.1, 0.15) is 26.7 Å². The van der Waals surface area contributed by atoms with E-state index < -0.39 is 28.7 Å². The van der Waals surface area contributed by atoms with Crippen LogP contribution in [-0.2, 0) is 25.8 Å². The normalized spacial score (nSPS) is 31.1. The van der Waals surface area contributed by atoms with Crippen LogP contribution in [0.3, 0.4) is 0 Å². The number of carbonyl (C=O) groups excluding carboxylic acids is 3. The molecule has 3 aliphatic heterocycles. The Balaban J connectivity index is 1.45. The van der Waals surface area contributed by atoms with Crippen molar-refractivity contribution in [2.45, 2.75) is 55.4 Å². The topological polar surface area (TPSA) is 127 Å². The van der Waals surface area contributed by atoms with E-state index in [1.165, 1.54) is 4.90 Å². The number of thioether (sulfide) groups is 1. The smallest absolute Gasteiger partial charge is 0.310 e. The summed E-state index contributed by atoms with van der Waals surface area (Å²) in [4.78, 5) is 41.5. The third kappa shape index (κ3) is 3.23. The van der Waals surface area contributed by atoms with E-state index in [1.807, 2.05) is 24.3 Å². The van der Waals surface area contributed by atoms with E-state index in [2.05, 4.69) is 15.6 Å². The number of para-hydroxylation sites is 1. The quantitative estimate of drug-likeness (QED) is 0.558. The molecule has 0 radical (unpaired) electrons. The summed E-state index contributed by atoms with van der Waals surface area (Å²) in [5.74, 6) is -2.14. The number of hydrogen-bond donors (Lipinski definition) is 2. The molecule has 2 unspecified atom stereocenters. The van der Waals surface area contributed by atoms with E-state index in [1.54, 1.807) is 30.3 Å². The molecule has 5 rings (SSSR count). The first-order valence-electron chi connectivity index (χ1n) is 11.3. The molecule has 10 nitrogen and oxygen atoms in total. The first kappa shape index (κ1) is 22.1. The lowest BCUT2D eigenvalue weighted by molar-refractivity contribution is -0.154. The highest BCUT2D eigenvalue weighted by atomic mass is 32.2. The molecule has 2 bridgehead atoms. The molecule has 2 N–H and O–H groups in total. The molecule has 3 aliphatic rings. The number of nitrogens with zero attached hydrogens (tertiary/aromatic N) is 4. The van der Waals surface area contributed by atoms with E-state index >= 15 is 0 Å². The summed E-state index contributed by atoms with van der Waals surface area (Å²) in [6, 6.07) is 6.11. The highest BCUT2D eigenvalue weighted by molar-refractivity contribution is 8.02. The molecule has 1 aromatic heterocycles. The van der Waals surface area contributed by atoms with Gasteiger partial charge in [-0.1, -0.05) is 17.3 Å². The number of benzene rings is 1. The number of aliphatic hydroxyl groups is 1. The molecule has 2 aromatic rings. The molecular formula is C22H27N5O5S. The van der Waals surface area contributed by atoms with E-state index in [0.29, 0.717) is 6.42 Å². The van der Waals surface area contributed by atoms with Crippen LogP contribution >= 0.6 is 11.8 Å². The van der Waals surface area contributed by atoms with E-state index in [-0.39, 0.29) is 42.9 Å². The van der Waals surface area contributed by atoms with Crippen LogP contribution in [0.2, 0.25) is 0 Å². The molecule has 11 heteroatoms. The van der Waals surface area contributed by atoms with Crippen LogP contribution in [0.15, 0.2) is 24.3 Å². The van der Waals surface area contributed by atoms with Crippen LogP contribution in [-0.4, -0.2) is 78.1 Å². The Morgan fingerprint density at radius 2 is 2.18 bits per heavy atom. The zero-order chi connectivity index (χ0) is 23.3. The molecule has 2 amide bonds. The minimum absolute atomic E-state index is 0.0425. The lowest BCUT2D eigenvalue weighted by Crippen LogP contribution is -2.56. The summed E-state index contributed by atoms with van der Waals surface area (Å²) in [7, 11) is 0. The molecule has 1 spiro atoms. The van der Waals surface area contributed by atoms with Gasteiger partial charge in [0, 0.05) is 5.25 Å². The molecule has 4 heterocycles. The Morgan fingerprint density at radius 3 is 2.94 bits per heavy atom. The number of likely N-dealkylation sites (tertiary alicyclic amines) is 1. The van der Waals surface area contributed by atoms with Gasteiger partial charge in [-0.05, 0) is 38.8 Å². The van der Waals surface area contributed by atoms with Crippen molar-refractivity contribution in [1.29, 1.82) is 0 Å². The second-order valence-electron chi connectivity index (χ2n) is 8.86. The average molecular weight is 474 g/mol. The van der Waals surface area contributed by atoms with Gasteiger partial charge < -0.3 is 20.1 Å². The molecular weight excluding hydrogens is 446 g/mol. The SMILES string of the molecule is CCOC(=O)[C@@H]1[C@H]2C(=O)N([C@H](C)CO)C(C(=O)NCn3nnc4ccccc43)C23CC[C@H]1S3. The monoisotopic (exact) mass is 473 g/mol. The molecule has 176 valence electrons. The number of hydrogen-bond acceptors (Lipinski definition) is 8. The van der Waals surface area contributed by atoms with Gasteiger partial charge in [-0.2, -0.15) is 0 Å². The minimum Gasteiger partial charge on any atom is -0.466 e. The number of rotatable bonds is 7. The zero-order valence-corrected chi connectivity index (χ0v) is 19.3. The fourth-order valence-corrected chi connectivity index (χ4v) is 7.94. The van der Waals surface area contributed by atoms with Crippen molar-refractivity contribution in [2.75, 3.05) is 13.2 Å². The van der Waals surface area contributed by atoms with Crippen LogP contribution in [0.25, 0.3) is 11.0 Å². The van der Waals surface area contributed by atoms with Gasteiger partial charge in [0.25, 0.3) is 0 Å². The third-order valence-corrected chi connectivity index (χ3v) is 9.06. The lowest BCUT2D eigenvalue weighted by Gasteiger charge is -2.35. The second-order valence-corrected chi connectivity index (χ2v) is 10.5. The Hall–Kier alpha value is -2.66. The van der Waals surface area contributed by atoms with Crippen molar-refractivity contribution < 1.29 is 24.2 Å². The van der Waals surface area contributed by atoms with Crippen LogP contribution in [0.4, 0.5) is 0 Å². The predicted molar refractivity (Wildman–Crippen MR) is 120 cm³/mol. The number of aromatic nitrogens is 3. The van der Waals surface area contributed by atoms with Gasteiger partial charge in [-0.3, -0.25) is 14.4 Å². The Morgan fingerprint density at radius 1 is 1.39 bits per heavy atom. The lowest BCUT2D eigenvalue weighted by atomic mass is 9.71. The van der Waals surface area contributed by atoms with Crippen molar-refractivity contribution in [2.24, 2.45) is 11.8 Å².